The molecular weight excluding hydrogens is 257 g/mol. The molecule has 1 aromatic heterocycles. The number of nitrogens with zero attached hydrogens (tertiary/aromatic N) is 2. The zero-order valence-electron chi connectivity index (χ0n) is 7.91. The first-order valence-electron chi connectivity index (χ1n) is 4.19. The van der Waals surface area contributed by atoms with Crippen molar-refractivity contribution in [3.8, 4) is 0 Å². The van der Waals surface area contributed by atoms with Crippen molar-refractivity contribution in [2.75, 3.05) is 5.32 Å². The predicted molar refractivity (Wildman–Crippen MR) is 57.6 cm³/mol. The molecule has 1 aromatic rings. The zero-order valence-corrected chi connectivity index (χ0v) is 9.42. The Balaban J connectivity index is 2.59. The van der Waals surface area contributed by atoms with Crippen molar-refractivity contribution in [3.63, 3.8) is 0 Å². The molecule has 1 amide bonds. The van der Waals surface area contributed by atoms with Gasteiger partial charge in [0.1, 0.15) is 11.0 Å². The summed E-state index contributed by atoms with van der Waals surface area (Å²) in [7, 11) is 0. The summed E-state index contributed by atoms with van der Waals surface area (Å²) in [4.78, 5) is 28.7. The second-order valence-electron chi connectivity index (χ2n) is 2.79. The Kier molecular flexibility index (Phi) is 4.45. The Morgan fingerprint density at radius 3 is 2.56 bits per heavy atom. The van der Waals surface area contributed by atoms with Crippen LogP contribution in [-0.2, 0) is 9.59 Å². The molecular formula is C8H7Cl2N3O3. The molecule has 8 heteroatoms. The number of anilines is 1. The topological polar surface area (TPSA) is 92.2 Å². The Morgan fingerprint density at radius 2 is 2.00 bits per heavy atom. The lowest BCUT2D eigenvalue weighted by molar-refractivity contribution is -0.138. The SMILES string of the molecule is O=C(O)CCC(=O)Nc1cc(Cl)nc(Cl)n1. The highest BCUT2D eigenvalue weighted by atomic mass is 35.5. The van der Waals surface area contributed by atoms with Crippen LogP contribution < -0.4 is 5.32 Å². The van der Waals surface area contributed by atoms with Gasteiger partial charge in [0.2, 0.25) is 11.2 Å². The molecule has 0 radical (unpaired) electrons. The molecule has 16 heavy (non-hydrogen) atoms. The van der Waals surface area contributed by atoms with E-state index in [0.717, 1.165) is 0 Å². The van der Waals surface area contributed by atoms with Gasteiger partial charge in [-0.3, -0.25) is 9.59 Å². The fourth-order valence-electron chi connectivity index (χ4n) is 0.880. The summed E-state index contributed by atoms with van der Waals surface area (Å²) >= 11 is 11.1. The summed E-state index contributed by atoms with van der Waals surface area (Å²) in [5.74, 6) is -1.39. The number of nitrogens with one attached hydrogen (secondary N) is 1. The Labute approximate surface area is 101 Å². The monoisotopic (exact) mass is 263 g/mol. The van der Waals surface area contributed by atoms with Crippen LogP contribution in [0.3, 0.4) is 0 Å². The molecule has 0 spiro atoms. The van der Waals surface area contributed by atoms with Gasteiger partial charge in [-0.15, -0.1) is 0 Å². The van der Waals surface area contributed by atoms with Crippen LogP contribution in [0.1, 0.15) is 12.8 Å². The van der Waals surface area contributed by atoms with E-state index in [1.54, 1.807) is 0 Å². The first kappa shape index (κ1) is 12.7. The van der Waals surface area contributed by atoms with Crippen LogP contribution in [0, 0.1) is 0 Å². The van der Waals surface area contributed by atoms with Crippen LogP contribution in [0.5, 0.6) is 0 Å². The summed E-state index contributed by atoms with van der Waals surface area (Å²) < 4.78 is 0. The van der Waals surface area contributed by atoms with Gasteiger partial charge in [-0.05, 0) is 11.6 Å². The van der Waals surface area contributed by atoms with Crippen LogP contribution in [0.15, 0.2) is 6.07 Å². The van der Waals surface area contributed by atoms with Crippen molar-refractivity contribution in [1.29, 1.82) is 0 Å². The number of carboxylic acids is 1. The molecule has 6 nitrogen and oxygen atoms in total. The normalized spacial score (nSPS) is 9.88. The van der Waals surface area contributed by atoms with E-state index >= 15 is 0 Å². The first-order valence-corrected chi connectivity index (χ1v) is 4.94. The molecule has 0 unspecified atom stereocenters. The average Bonchev–Trinajstić information content (AvgIpc) is 2.12. The molecule has 0 aromatic carbocycles. The van der Waals surface area contributed by atoms with Crippen molar-refractivity contribution in [3.05, 3.63) is 16.5 Å². The lowest BCUT2D eigenvalue weighted by atomic mass is 10.3. The second kappa shape index (κ2) is 5.62. The van der Waals surface area contributed by atoms with Crippen LogP contribution in [0.4, 0.5) is 5.82 Å². The number of aliphatic carboxylic acids is 1. The molecule has 0 fully saturated rings. The third-order valence-corrected chi connectivity index (χ3v) is 1.86. The molecule has 2 N–H and O–H groups in total. The number of amides is 1. The zero-order chi connectivity index (χ0) is 12.1. The minimum atomic E-state index is -1.05. The molecule has 86 valence electrons. The van der Waals surface area contributed by atoms with E-state index in [1.807, 2.05) is 0 Å². The van der Waals surface area contributed by atoms with E-state index in [-0.39, 0.29) is 29.1 Å². The Bertz CT molecular complexity index is 405. The fraction of sp³-hybridized carbons (Fsp3) is 0.250. The van der Waals surface area contributed by atoms with Crippen molar-refractivity contribution in [2.24, 2.45) is 0 Å². The number of carboxylic acid groups (broad SMARTS) is 1. The molecule has 0 aliphatic heterocycles. The van der Waals surface area contributed by atoms with Crippen molar-refractivity contribution < 1.29 is 14.7 Å². The summed E-state index contributed by atoms with van der Waals surface area (Å²) in [6.45, 7) is 0. The first-order chi connectivity index (χ1) is 7.47. The highest BCUT2D eigenvalue weighted by molar-refractivity contribution is 6.32. The number of hydrogen-bond donors (Lipinski definition) is 2. The van der Waals surface area contributed by atoms with Crippen molar-refractivity contribution >= 4 is 40.9 Å². The van der Waals surface area contributed by atoms with E-state index in [0.29, 0.717) is 0 Å². The summed E-state index contributed by atoms with van der Waals surface area (Å²) in [6.07, 6.45) is -0.396. The van der Waals surface area contributed by atoms with Crippen LogP contribution in [-0.4, -0.2) is 27.0 Å². The fourth-order valence-corrected chi connectivity index (χ4v) is 1.29. The lowest BCUT2D eigenvalue weighted by Gasteiger charge is -2.03. The molecule has 0 aliphatic carbocycles. The van der Waals surface area contributed by atoms with Gasteiger partial charge in [-0.25, -0.2) is 9.97 Å². The maximum atomic E-state index is 11.2. The highest BCUT2D eigenvalue weighted by Crippen LogP contribution is 2.14. The number of carbonyl (C=O) groups excluding carboxylic acids is 1. The van der Waals surface area contributed by atoms with Gasteiger partial charge in [-0.1, -0.05) is 11.6 Å². The van der Waals surface area contributed by atoms with Gasteiger partial charge in [0.05, 0.1) is 6.42 Å². The average molecular weight is 264 g/mol. The molecule has 1 rings (SSSR count). The van der Waals surface area contributed by atoms with E-state index in [9.17, 15) is 9.59 Å². The lowest BCUT2D eigenvalue weighted by Crippen LogP contribution is -2.14. The van der Waals surface area contributed by atoms with Gasteiger partial charge in [0.25, 0.3) is 0 Å². The van der Waals surface area contributed by atoms with E-state index in [1.165, 1.54) is 6.07 Å². The van der Waals surface area contributed by atoms with Gasteiger partial charge in [0, 0.05) is 12.5 Å². The molecule has 1 heterocycles. The van der Waals surface area contributed by atoms with Crippen LogP contribution >= 0.6 is 23.2 Å². The molecule has 0 saturated heterocycles. The minimum Gasteiger partial charge on any atom is -0.481 e. The van der Waals surface area contributed by atoms with Crippen LogP contribution in [0.25, 0.3) is 0 Å². The smallest absolute Gasteiger partial charge is 0.303 e. The molecule has 0 aliphatic rings. The van der Waals surface area contributed by atoms with Gasteiger partial charge in [-0.2, -0.15) is 0 Å². The van der Waals surface area contributed by atoms with Gasteiger partial charge < -0.3 is 10.4 Å². The van der Waals surface area contributed by atoms with Gasteiger partial charge >= 0.3 is 5.97 Å². The summed E-state index contributed by atoms with van der Waals surface area (Å²) in [6, 6.07) is 1.31. The number of rotatable bonds is 4. The van der Waals surface area contributed by atoms with E-state index in [2.05, 4.69) is 15.3 Å². The Morgan fingerprint density at radius 1 is 1.31 bits per heavy atom. The molecule has 0 atom stereocenters. The quantitative estimate of drug-likeness (QED) is 0.636. The predicted octanol–water partition coefficient (Wildman–Crippen LogP) is 1.59. The number of halogens is 2. The maximum Gasteiger partial charge on any atom is 0.303 e. The standard InChI is InChI=1S/C8H7Cl2N3O3/c9-4-3-5(13-8(10)11-4)12-6(14)1-2-7(15)16/h3H,1-2H2,(H,15,16)(H,11,12,13,14). The van der Waals surface area contributed by atoms with E-state index < -0.39 is 11.9 Å². The third-order valence-electron chi connectivity index (χ3n) is 1.50. The van der Waals surface area contributed by atoms with Crippen molar-refractivity contribution in [1.82, 2.24) is 9.97 Å². The molecule has 0 bridgehead atoms. The third kappa shape index (κ3) is 4.41. The largest absolute Gasteiger partial charge is 0.481 e. The molecule has 0 saturated carbocycles. The number of aromatic nitrogens is 2. The summed E-state index contributed by atoms with van der Waals surface area (Å²) in [5.41, 5.74) is 0. The maximum absolute atomic E-state index is 11.2. The van der Waals surface area contributed by atoms with E-state index in [4.69, 9.17) is 28.3 Å². The Hall–Kier alpha value is -1.40. The van der Waals surface area contributed by atoms with Gasteiger partial charge in [0.15, 0.2) is 0 Å². The number of hydrogen-bond acceptors (Lipinski definition) is 4. The van der Waals surface area contributed by atoms with Crippen LogP contribution in [0.2, 0.25) is 10.4 Å². The second-order valence-corrected chi connectivity index (χ2v) is 3.51. The highest BCUT2D eigenvalue weighted by Gasteiger charge is 2.08. The minimum absolute atomic E-state index is 0.0912. The summed E-state index contributed by atoms with van der Waals surface area (Å²) in [5, 5.41) is 10.7. The number of carbonyl (C=O) groups is 2. The van der Waals surface area contributed by atoms with Crippen molar-refractivity contribution in [2.45, 2.75) is 12.8 Å².